The number of aromatic nitrogens is 4. The summed E-state index contributed by atoms with van der Waals surface area (Å²) in [5.41, 5.74) is 14.2. The number of rotatable bonds is 7. The van der Waals surface area contributed by atoms with Gasteiger partial charge in [-0.3, -0.25) is 9.89 Å². The number of carboxylic acids is 1. The first-order valence-corrected chi connectivity index (χ1v) is 13.3. The average Bonchev–Trinajstić information content (AvgIpc) is 3.55. The van der Waals surface area contributed by atoms with E-state index in [1.54, 1.807) is 18.2 Å². The number of carbonyl (C=O) groups is 2. The number of nitrogens with zero attached hydrogens (tertiary/aromatic N) is 2. The van der Waals surface area contributed by atoms with Crippen molar-refractivity contribution < 1.29 is 32.3 Å². The Morgan fingerprint density at radius 2 is 1.76 bits per heavy atom. The summed E-state index contributed by atoms with van der Waals surface area (Å²) in [6, 6.07) is 14.6. The first-order chi connectivity index (χ1) is 20.0. The van der Waals surface area contributed by atoms with Crippen LogP contribution in [0.1, 0.15) is 43.1 Å². The van der Waals surface area contributed by atoms with E-state index < -0.39 is 24.1 Å². The van der Waals surface area contributed by atoms with Gasteiger partial charge >= 0.3 is 12.1 Å². The number of nitrogen functional groups attached to an aromatic ring is 1. The minimum atomic E-state index is -5.08. The molecule has 1 fully saturated rings. The molecule has 14 heteroatoms. The number of nitrogens with two attached hydrogens (primary N) is 2. The molecule has 5 rings (SSSR count). The number of hydrogen-bond acceptors (Lipinski definition) is 6. The molecule has 0 aliphatic heterocycles. The lowest BCUT2D eigenvalue weighted by atomic mass is 9.81. The Morgan fingerprint density at radius 1 is 1.10 bits per heavy atom. The molecule has 1 saturated carbocycles. The third-order valence-electron chi connectivity index (χ3n) is 7.27. The predicted molar refractivity (Wildman–Crippen MR) is 147 cm³/mol. The fourth-order valence-electron chi connectivity index (χ4n) is 4.93. The van der Waals surface area contributed by atoms with Gasteiger partial charge in [-0.15, -0.1) is 0 Å². The summed E-state index contributed by atoms with van der Waals surface area (Å²) in [7, 11) is 0. The minimum Gasteiger partial charge on any atom is -0.475 e. The van der Waals surface area contributed by atoms with Crippen molar-refractivity contribution in [2.75, 3.05) is 12.3 Å². The average molecular weight is 590 g/mol. The van der Waals surface area contributed by atoms with Gasteiger partial charge in [0.1, 0.15) is 11.5 Å². The van der Waals surface area contributed by atoms with Crippen LogP contribution in [0.15, 0.2) is 48.5 Å². The van der Waals surface area contributed by atoms with Crippen LogP contribution in [0.25, 0.3) is 22.2 Å². The number of nitrogens with one attached hydrogen (secondary N) is 3. The summed E-state index contributed by atoms with van der Waals surface area (Å²) < 4.78 is 46.8. The van der Waals surface area contributed by atoms with Gasteiger partial charge in [0.05, 0.1) is 11.6 Å². The molecule has 4 aromatic rings. The van der Waals surface area contributed by atoms with Crippen LogP contribution in [-0.2, 0) is 16.0 Å². The van der Waals surface area contributed by atoms with Gasteiger partial charge in [-0.2, -0.15) is 22.7 Å². The quantitative estimate of drug-likeness (QED) is 0.172. The third-order valence-corrected chi connectivity index (χ3v) is 7.27. The van der Waals surface area contributed by atoms with Gasteiger partial charge in [0.25, 0.3) is 0 Å². The summed E-state index contributed by atoms with van der Waals surface area (Å²) in [6.07, 6.45) is -1.04. The highest BCUT2D eigenvalue weighted by Gasteiger charge is 2.38. The maximum atomic E-state index is 15.1. The molecule has 0 spiro atoms. The molecular formula is C28H31F4N7O3. The van der Waals surface area contributed by atoms with Gasteiger partial charge in [-0.25, -0.2) is 9.78 Å². The normalized spacial score (nSPS) is 17.7. The van der Waals surface area contributed by atoms with Crippen LogP contribution in [0.4, 0.5) is 23.4 Å². The highest BCUT2D eigenvalue weighted by Crippen LogP contribution is 2.31. The number of fused-ring (bicyclic) bond motifs is 1. The van der Waals surface area contributed by atoms with Crippen molar-refractivity contribution in [3.63, 3.8) is 0 Å². The SMILES string of the molecule is NCC1CCC(C(=O)N[C@@H](Cc2ccccc2)c2nc(-c3ccc4c(N)n[nH]c4c3)c(F)[nH]2)CC1.O=C(O)C(F)(F)F. The van der Waals surface area contributed by atoms with Crippen LogP contribution in [-0.4, -0.2) is 49.9 Å². The molecule has 42 heavy (non-hydrogen) atoms. The highest BCUT2D eigenvalue weighted by molar-refractivity contribution is 5.91. The number of amides is 1. The first-order valence-electron chi connectivity index (χ1n) is 13.3. The second-order valence-corrected chi connectivity index (χ2v) is 10.2. The maximum absolute atomic E-state index is 15.1. The number of H-pyrrole nitrogens is 2. The summed E-state index contributed by atoms with van der Waals surface area (Å²) in [5.74, 6) is -2.13. The van der Waals surface area contributed by atoms with Gasteiger partial charge < -0.3 is 26.9 Å². The zero-order valence-corrected chi connectivity index (χ0v) is 22.4. The number of halogens is 4. The lowest BCUT2D eigenvalue weighted by Crippen LogP contribution is -2.37. The second kappa shape index (κ2) is 13.0. The predicted octanol–water partition coefficient (Wildman–Crippen LogP) is 4.47. The molecule has 1 aliphatic carbocycles. The maximum Gasteiger partial charge on any atom is 0.490 e. The Morgan fingerprint density at radius 3 is 2.38 bits per heavy atom. The van der Waals surface area contributed by atoms with Crippen LogP contribution in [0.5, 0.6) is 0 Å². The molecule has 2 aromatic carbocycles. The van der Waals surface area contributed by atoms with E-state index in [1.165, 1.54) is 0 Å². The molecule has 0 bridgehead atoms. The van der Waals surface area contributed by atoms with Crippen molar-refractivity contribution >= 4 is 28.6 Å². The van der Waals surface area contributed by atoms with Crippen LogP contribution in [0.2, 0.25) is 0 Å². The van der Waals surface area contributed by atoms with Crippen LogP contribution in [0, 0.1) is 17.8 Å². The minimum absolute atomic E-state index is 0.0193. The van der Waals surface area contributed by atoms with Crippen molar-refractivity contribution in [3.05, 3.63) is 65.9 Å². The number of aliphatic carboxylic acids is 1. The molecule has 10 nitrogen and oxygen atoms in total. The Kier molecular flexibility index (Phi) is 9.45. The summed E-state index contributed by atoms with van der Waals surface area (Å²) in [5, 5.41) is 17.9. The Balaban J connectivity index is 0.000000517. The van der Waals surface area contributed by atoms with Crippen molar-refractivity contribution in [3.8, 4) is 11.3 Å². The van der Waals surface area contributed by atoms with Crippen molar-refractivity contribution in [1.29, 1.82) is 0 Å². The Hall–Kier alpha value is -4.46. The zero-order valence-electron chi connectivity index (χ0n) is 22.4. The van der Waals surface area contributed by atoms with Crippen LogP contribution < -0.4 is 16.8 Å². The molecule has 224 valence electrons. The molecule has 2 aromatic heterocycles. The van der Waals surface area contributed by atoms with E-state index in [0.717, 1.165) is 36.6 Å². The molecule has 2 heterocycles. The van der Waals surface area contributed by atoms with E-state index in [9.17, 15) is 18.0 Å². The van der Waals surface area contributed by atoms with Gasteiger partial charge in [-0.1, -0.05) is 36.4 Å². The summed E-state index contributed by atoms with van der Waals surface area (Å²) >= 11 is 0. The summed E-state index contributed by atoms with van der Waals surface area (Å²) in [6.45, 7) is 0.663. The number of aromatic amines is 2. The topological polar surface area (TPSA) is 176 Å². The highest BCUT2D eigenvalue weighted by atomic mass is 19.4. The van der Waals surface area contributed by atoms with Crippen molar-refractivity contribution in [2.45, 2.75) is 44.3 Å². The van der Waals surface area contributed by atoms with Crippen molar-refractivity contribution in [1.82, 2.24) is 25.5 Å². The number of alkyl halides is 3. The molecule has 1 aliphatic rings. The second-order valence-electron chi connectivity index (χ2n) is 10.2. The molecule has 8 N–H and O–H groups in total. The van der Waals surface area contributed by atoms with E-state index in [2.05, 4.69) is 25.5 Å². The van der Waals surface area contributed by atoms with Gasteiger partial charge in [0.15, 0.2) is 5.82 Å². The largest absolute Gasteiger partial charge is 0.490 e. The third kappa shape index (κ3) is 7.43. The van der Waals surface area contributed by atoms with Gasteiger partial charge in [0.2, 0.25) is 11.9 Å². The lowest BCUT2D eigenvalue weighted by Gasteiger charge is -2.28. The van der Waals surface area contributed by atoms with E-state index in [-0.39, 0.29) is 17.5 Å². The number of anilines is 1. The molecule has 1 atom stereocenters. The van der Waals surface area contributed by atoms with Crippen LogP contribution >= 0.6 is 0 Å². The number of imidazole rings is 1. The first kappa shape index (κ1) is 30.5. The van der Waals surface area contributed by atoms with Crippen LogP contribution in [0.3, 0.4) is 0 Å². The molecule has 1 amide bonds. The van der Waals surface area contributed by atoms with Gasteiger partial charge in [-0.05, 0) is 62.3 Å². The Labute approximate surface area is 237 Å². The molecule has 0 saturated heterocycles. The monoisotopic (exact) mass is 589 g/mol. The smallest absolute Gasteiger partial charge is 0.475 e. The van der Waals surface area contributed by atoms with E-state index in [0.29, 0.717) is 41.6 Å². The molecular weight excluding hydrogens is 558 g/mol. The molecule has 0 radical (unpaired) electrons. The number of hydrogen-bond donors (Lipinski definition) is 6. The van der Waals surface area contributed by atoms with Crippen molar-refractivity contribution in [2.24, 2.45) is 17.6 Å². The number of benzene rings is 2. The standard InChI is InChI=1S/C26H30FN7O.C2HF3O2/c27-23-22(18-10-11-19-20(13-18)33-34-24(19)29)31-25(32-23)21(12-15-4-2-1-3-5-15)30-26(35)17-8-6-16(14-28)7-9-17;3-2(4,5)1(6)7/h1-5,10-11,13,16-17,21H,6-9,12,14,28H2,(H,30,35)(H,31,32)(H3,29,33,34);(H,6,7)/t16?,17?,21-;/m0./s1. The van der Waals surface area contributed by atoms with E-state index in [1.807, 2.05) is 30.3 Å². The number of carboxylic acid groups (broad SMARTS) is 1. The van der Waals surface area contributed by atoms with E-state index >= 15 is 4.39 Å². The fourth-order valence-corrected chi connectivity index (χ4v) is 4.93. The van der Waals surface area contributed by atoms with E-state index in [4.69, 9.17) is 21.4 Å². The molecule has 0 unspecified atom stereocenters. The Bertz CT molecular complexity index is 1510. The van der Waals surface area contributed by atoms with Gasteiger partial charge in [0, 0.05) is 16.9 Å². The number of carbonyl (C=O) groups excluding carboxylic acids is 1. The zero-order chi connectivity index (χ0) is 30.4. The lowest BCUT2D eigenvalue weighted by molar-refractivity contribution is -0.192. The summed E-state index contributed by atoms with van der Waals surface area (Å²) in [4.78, 5) is 29.4. The fraction of sp³-hybridized carbons (Fsp3) is 0.357.